The summed E-state index contributed by atoms with van der Waals surface area (Å²) in [4.78, 5) is 4.47. The Labute approximate surface area is 124 Å². The summed E-state index contributed by atoms with van der Waals surface area (Å²) in [5.74, 6) is -0.233. The van der Waals surface area contributed by atoms with E-state index in [1.165, 1.54) is 34.2 Å². The van der Waals surface area contributed by atoms with Crippen molar-refractivity contribution in [3.63, 3.8) is 0 Å². The number of hydrogen-bond donors (Lipinski definition) is 1. The van der Waals surface area contributed by atoms with E-state index in [9.17, 15) is 4.39 Å². The van der Waals surface area contributed by atoms with E-state index in [0.717, 1.165) is 21.0 Å². The smallest absolute Gasteiger partial charge is 0.188 e. The van der Waals surface area contributed by atoms with Crippen LogP contribution in [0.25, 0.3) is 21.0 Å². The third-order valence-electron chi connectivity index (χ3n) is 3.35. The zero-order valence-corrected chi connectivity index (χ0v) is 11.8. The molecule has 0 atom stereocenters. The third-order valence-corrected chi connectivity index (χ3v) is 4.28. The summed E-state index contributed by atoms with van der Waals surface area (Å²) in [7, 11) is 0. The summed E-state index contributed by atoms with van der Waals surface area (Å²) >= 11 is 1.45. The van der Waals surface area contributed by atoms with Crippen LogP contribution >= 0.6 is 11.3 Å². The quantitative estimate of drug-likeness (QED) is 0.540. The van der Waals surface area contributed by atoms with E-state index in [4.69, 9.17) is 0 Å². The second kappa shape index (κ2) is 4.82. The standard InChI is InChI=1S/C17H11FN2S/c18-13-6-8-15-16(10-13)21-17(20-15)19-14-7-5-11-3-1-2-4-12(11)9-14/h1-10H,(H,19,20). The van der Waals surface area contributed by atoms with Gasteiger partial charge in [0, 0.05) is 5.69 Å². The van der Waals surface area contributed by atoms with E-state index in [1.54, 1.807) is 6.07 Å². The summed E-state index contributed by atoms with van der Waals surface area (Å²) in [6.45, 7) is 0. The van der Waals surface area contributed by atoms with E-state index >= 15 is 0 Å². The first kappa shape index (κ1) is 12.3. The molecule has 0 spiro atoms. The van der Waals surface area contributed by atoms with Crippen molar-refractivity contribution in [2.24, 2.45) is 0 Å². The van der Waals surface area contributed by atoms with Gasteiger partial charge in [-0.2, -0.15) is 0 Å². The molecule has 0 aliphatic heterocycles. The first-order valence-corrected chi connectivity index (χ1v) is 7.41. The number of aromatic nitrogens is 1. The molecule has 0 aliphatic carbocycles. The Balaban J connectivity index is 1.71. The number of fused-ring (bicyclic) bond motifs is 2. The van der Waals surface area contributed by atoms with E-state index < -0.39 is 0 Å². The Hall–Kier alpha value is -2.46. The van der Waals surface area contributed by atoms with Crippen molar-refractivity contribution >= 4 is 43.1 Å². The molecule has 0 aliphatic rings. The van der Waals surface area contributed by atoms with Gasteiger partial charge in [-0.15, -0.1) is 0 Å². The van der Waals surface area contributed by atoms with Crippen LogP contribution in [0.5, 0.6) is 0 Å². The van der Waals surface area contributed by atoms with Gasteiger partial charge in [0.25, 0.3) is 0 Å². The molecule has 1 heterocycles. The molecular weight excluding hydrogens is 283 g/mol. The molecule has 0 radical (unpaired) electrons. The van der Waals surface area contributed by atoms with Gasteiger partial charge in [-0.25, -0.2) is 9.37 Å². The van der Waals surface area contributed by atoms with Crippen LogP contribution in [0.1, 0.15) is 0 Å². The van der Waals surface area contributed by atoms with Crippen molar-refractivity contribution in [2.45, 2.75) is 0 Å². The second-order valence-electron chi connectivity index (χ2n) is 4.82. The Morgan fingerprint density at radius 2 is 1.76 bits per heavy atom. The number of nitrogens with one attached hydrogen (secondary N) is 1. The van der Waals surface area contributed by atoms with Crippen LogP contribution in [0.3, 0.4) is 0 Å². The lowest BCUT2D eigenvalue weighted by molar-refractivity contribution is 0.630. The number of rotatable bonds is 2. The van der Waals surface area contributed by atoms with E-state index in [0.29, 0.717) is 0 Å². The lowest BCUT2D eigenvalue weighted by Crippen LogP contribution is -1.88. The molecular formula is C17H11FN2S. The SMILES string of the molecule is Fc1ccc2nc(Nc3ccc4ccccc4c3)sc2c1. The number of halogens is 1. The topological polar surface area (TPSA) is 24.9 Å². The predicted octanol–water partition coefficient (Wildman–Crippen LogP) is 5.33. The van der Waals surface area contributed by atoms with Gasteiger partial charge < -0.3 is 5.32 Å². The van der Waals surface area contributed by atoms with Crippen LogP contribution in [0, 0.1) is 5.82 Å². The molecule has 0 amide bonds. The molecule has 0 fully saturated rings. The van der Waals surface area contributed by atoms with Gasteiger partial charge in [0.1, 0.15) is 5.82 Å². The number of anilines is 2. The summed E-state index contributed by atoms with van der Waals surface area (Å²) in [6.07, 6.45) is 0. The molecule has 1 N–H and O–H groups in total. The molecule has 4 aromatic rings. The van der Waals surface area contributed by atoms with E-state index in [-0.39, 0.29) is 5.82 Å². The Morgan fingerprint density at radius 1 is 0.905 bits per heavy atom. The first-order chi connectivity index (χ1) is 10.3. The lowest BCUT2D eigenvalue weighted by Gasteiger charge is -2.04. The van der Waals surface area contributed by atoms with Gasteiger partial charge in [0.15, 0.2) is 5.13 Å². The number of thiazole rings is 1. The van der Waals surface area contributed by atoms with Crippen LogP contribution in [0.4, 0.5) is 15.2 Å². The minimum atomic E-state index is -0.233. The van der Waals surface area contributed by atoms with Crippen LogP contribution in [-0.4, -0.2) is 4.98 Å². The normalized spacial score (nSPS) is 11.1. The zero-order chi connectivity index (χ0) is 14.2. The van der Waals surface area contributed by atoms with Crippen molar-refractivity contribution in [2.75, 3.05) is 5.32 Å². The van der Waals surface area contributed by atoms with Crippen LogP contribution in [0.2, 0.25) is 0 Å². The largest absolute Gasteiger partial charge is 0.332 e. The van der Waals surface area contributed by atoms with Gasteiger partial charge in [-0.3, -0.25) is 0 Å². The summed E-state index contributed by atoms with van der Waals surface area (Å²) in [5, 5.41) is 6.44. The minimum Gasteiger partial charge on any atom is -0.332 e. The summed E-state index contributed by atoms with van der Waals surface area (Å²) in [5.41, 5.74) is 1.79. The van der Waals surface area contributed by atoms with Gasteiger partial charge >= 0.3 is 0 Å². The van der Waals surface area contributed by atoms with Gasteiger partial charge in [-0.1, -0.05) is 41.7 Å². The van der Waals surface area contributed by atoms with E-state index in [2.05, 4.69) is 34.6 Å². The van der Waals surface area contributed by atoms with Gasteiger partial charge in [0.2, 0.25) is 0 Å². The average Bonchev–Trinajstić information content (AvgIpc) is 2.88. The lowest BCUT2D eigenvalue weighted by atomic mass is 10.1. The van der Waals surface area contributed by atoms with Crippen molar-refractivity contribution in [3.05, 3.63) is 66.5 Å². The molecule has 0 saturated heterocycles. The number of nitrogens with zero attached hydrogens (tertiary/aromatic N) is 1. The highest BCUT2D eigenvalue weighted by molar-refractivity contribution is 7.22. The van der Waals surface area contributed by atoms with Crippen molar-refractivity contribution < 1.29 is 4.39 Å². The van der Waals surface area contributed by atoms with Crippen LogP contribution in [-0.2, 0) is 0 Å². The highest BCUT2D eigenvalue weighted by Crippen LogP contribution is 2.29. The Bertz CT molecular complexity index is 946. The zero-order valence-electron chi connectivity index (χ0n) is 11.0. The summed E-state index contributed by atoms with van der Waals surface area (Å²) < 4.78 is 14.1. The van der Waals surface area contributed by atoms with E-state index in [1.807, 2.05) is 18.2 Å². The molecule has 0 saturated carbocycles. The van der Waals surface area contributed by atoms with Gasteiger partial charge in [0.05, 0.1) is 10.2 Å². The van der Waals surface area contributed by atoms with Gasteiger partial charge in [-0.05, 0) is 41.1 Å². The summed E-state index contributed by atoms with van der Waals surface area (Å²) in [6, 6.07) is 19.0. The fraction of sp³-hybridized carbons (Fsp3) is 0. The maximum absolute atomic E-state index is 13.2. The maximum Gasteiger partial charge on any atom is 0.188 e. The van der Waals surface area contributed by atoms with Crippen molar-refractivity contribution in [1.82, 2.24) is 4.98 Å². The maximum atomic E-state index is 13.2. The molecule has 21 heavy (non-hydrogen) atoms. The number of benzene rings is 3. The molecule has 102 valence electrons. The van der Waals surface area contributed by atoms with Crippen LogP contribution < -0.4 is 5.32 Å². The first-order valence-electron chi connectivity index (χ1n) is 6.60. The predicted molar refractivity (Wildman–Crippen MR) is 86.8 cm³/mol. The third kappa shape index (κ3) is 2.34. The molecule has 0 unspecified atom stereocenters. The molecule has 4 heteroatoms. The molecule has 0 bridgehead atoms. The Morgan fingerprint density at radius 3 is 2.67 bits per heavy atom. The fourth-order valence-corrected chi connectivity index (χ4v) is 3.25. The fourth-order valence-electron chi connectivity index (χ4n) is 2.34. The van der Waals surface area contributed by atoms with Crippen molar-refractivity contribution in [3.8, 4) is 0 Å². The monoisotopic (exact) mass is 294 g/mol. The van der Waals surface area contributed by atoms with Crippen molar-refractivity contribution in [1.29, 1.82) is 0 Å². The molecule has 4 rings (SSSR count). The molecule has 1 aromatic heterocycles. The molecule has 3 aromatic carbocycles. The Kier molecular flexibility index (Phi) is 2.82. The second-order valence-corrected chi connectivity index (χ2v) is 5.85. The average molecular weight is 294 g/mol. The highest BCUT2D eigenvalue weighted by Gasteiger charge is 2.05. The van der Waals surface area contributed by atoms with Crippen LogP contribution in [0.15, 0.2) is 60.7 Å². The number of hydrogen-bond acceptors (Lipinski definition) is 3. The highest BCUT2D eigenvalue weighted by atomic mass is 32.1. The molecule has 2 nitrogen and oxygen atoms in total. The minimum absolute atomic E-state index is 0.233.